The molecule has 0 N–H and O–H groups in total. The maximum absolute atomic E-state index is 12.5. The van der Waals surface area contributed by atoms with Gasteiger partial charge >= 0.3 is 5.97 Å². The standard InChI is InChI=1S/C6H6FNO2S/c1-2-4(9)10-6-5(7)8-3-11-6/h3H,2H2,1H3. The smallest absolute Gasteiger partial charge is 0.311 e. The molecule has 0 fully saturated rings. The number of nitrogens with zero attached hydrogens (tertiary/aromatic N) is 1. The lowest BCUT2D eigenvalue weighted by Gasteiger charge is -1.95. The monoisotopic (exact) mass is 175 g/mol. The van der Waals surface area contributed by atoms with E-state index in [1.807, 2.05) is 0 Å². The Labute approximate surface area is 66.8 Å². The summed E-state index contributed by atoms with van der Waals surface area (Å²) >= 11 is 0.964. The summed E-state index contributed by atoms with van der Waals surface area (Å²) in [6, 6.07) is 0. The van der Waals surface area contributed by atoms with Crippen LogP contribution in [0.4, 0.5) is 4.39 Å². The van der Waals surface area contributed by atoms with Crippen molar-refractivity contribution in [2.75, 3.05) is 0 Å². The lowest BCUT2D eigenvalue weighted by atomic mass is 10.5. The highest BCUT2D eigenvalue weighted by Crippen LogP contribution is 2.21. The Balaban J connectivity index is 2.64. The molecule has 0 spiro atoms. The molecular weight excluding hydrogens is 169 g/mol. The lowest BCUT2D eigenvalue weighted by Crippen LogP contribution is -2.05. The Hall–Kier alpha value is -0.970. The van der Waals surface area contributed by atoms with Gasteiger partial charge in [0, 0.05) is 6.42 Å². The molecular formula is C6H6FNO2S. The van der Waals surface area contributed by atoms with E-state index in [1.165, 1.54) is 5.51 Å². The number of aromatic nitrogens is 1. The highest BCUT2D eigenvalue weighted by atomic mass is 32.1. The van der Waals surface area contributed by atoms with Crippen molar-refractivity contribution in [2.24, 2.45) is 0 Å². The van der Waals surface area contributed by atoms with E-state index in [1.54, 1.807) is 6.92 Å². The molecule has 0 aromatic carbocycles. The van der Waals surface area contributed by atoms with Crippen LogP contribution in [0.2, 0.25) is 0 Å². The Morgan fingerprint density at radius 1 is 1.91 bits per heavy atom. The van der Waals surface area contributed by atoms with Crippen LogP contribution in [-0.2, 0) is 4.79 Å². The number of thiazole rings is 1. The molecule has 0 atom stereocenters. The minimum atomic E-state index is -0.725. The van der Waals surface area contributed by atoms with Gasteiger partial charge in [0.25, 0.3) is 5.95 Å². The molecule has 0 aliphatic heterocycles. The Bertz CT molecular complexity index is 261. The molecule has 1 aromatic rings. The molecule has 5 heteroatoms. The van der Waals surface area contributed by atoms with Crippen molar-refractivity contribution in [1.82, 2.24) is 4.98 Å². The molecule has 3 nitrogen and oxygen atoms in total. The zero-order valence-electron chi connectivity index (χ0n) is 5.83. The second-order valence-electron chi connectivity index (χ2n) is 1.76. The van der Waals surface area contributed by atoms with Gasteiger partial charge in [0.1, 0.15) is 0 Å². The summed E-state index contributed by atoms with van der Waals surface area (Å²) in [5.41, 5.74) is 1.29. The fourth-order valence-corrected chi connectivity index (χ4v) is 0.996. The maximum Gasteiger partial charge on any atom is 0.311 e. The topological polar surface area (TPSA) is 39.2 Å². The van der Waals surface area contributed by atoms with Gasteiger partial charge in [0.2, 0.25) is 5.06 Å². The number of esters is 1. The third-order valence-electron chi connectivity index (χ3n) is 0.989. The summed E-state index contributed by atoms with van der Waals surface area (Å²) in [6.07, 6.45) is 0.233. The fraction of sp³-hybridized carbons (Fsp3) is 0.333. The first-order chi connectivity index (χ1) is 5.24. The van der Waals surface area contributed by atoms with Crippen LogP contribution >= 0.6 is 11.3 Å². The summed E-state index contributed by atoms with van der Waals surface area (Å²) in [5.74, 6) is -1.18. The van der Waals surface area contributed by atoms with Crippen molar-refractivity contribution < 1.29 is 13.9 Å². The molecule has 0 saturated carbocycles. The van der Waals surface area contributed by atoms with Gasteiger partial charge in [-0.05, 0) is 0 Å². The predicted octanol–water partition coefficient (Wildman–Crippen LogP) is 1.60. The van der Waals surface area contributed by atoms with E-state index in [0.29, 0.717) is 0 Å². The number of carbonyl (C=O) groups is 1. The minimum Gasteiger partial charge on any atom is -0.410 e. The lowest BCUT2D eigenvalue weighted by molar-refractivity contribution is -0.133. The first kappa shape index (κ1) is 8.13. The summed E-state index contributed by atoms with van der Waals surface area (Å²) in [5, 5.41) is -0.0585. The highest BCUT2D eigenvalue weighted by molar-refractivity contribution is 7.11. The Morgan fingerprint density at radius 2 is 2.64 bits per heavy atom. The largest absolute Gasteiger partial charge is 0.410 e. The molecule has 60 valence electrons. The van der Waals surface area contributed by atoms with Crippen LogP contribution < -0.4 is 4.74 Å². The molecule has 1 aromatic heterocycles. The van der Waals surface area contributed by atoms with Crippen LogP contribution in [0.3, 0.4) is 0 Å². The average Bonchev–Trinajstić information content (AvgIpc) is 2.37. The third-order valence-corrected chi connectivity index (χ3v) is 1.67. The van der Waals surface area contributed by atoms with Gasteiger partial charge in [0.15, 0.2) is 0 Å². The van der Waals surface area contributed by atoms with Gasteiger partial charge in [-0.15, -0.1) is 0 Å². The number of hydrogen-bond donors (Lipinski definition) is 0. The van der Waals surface area contributed by atoms with E-state index in [9.17, 15) is 9.18 Å². The van der Waals surface area contributed by atoms with Crippen LogP contribution in [-0.4, -0.2) is 11.0 Å². The molecule has 0 aliphatic rings. The number of ether oxygens (including phenoxy) is 1. The summed E-state index contributed by atoms with van der Waals surface area (Å²) in [4.78, 5) is 13.9. The zero-order chi connectivity index (χ0) is 8.27. The van der Waals surface area contributed by atoms with Crippen molar-refractivity contribution in [2.45, 2.75) is 13.3 Å². The van der Waals surface area contributed by atoms with Crippen molar-refractivity contribution in [3.05, 3.63) is 11.5 Å². The average molecular weight is 175 g/mol. The number of hydrogen-bond acceptors (Lipinski definition) is 4. The molecule has 0 amide bonds. The number of halogens is 1. The second kappa shape index (κ2) is 3.43. The Kier molecular flexibility index (Phi) is 2.53. The minimum absolute atomic E-state index is 0.0585. The third kappa shape index (κ3) is 1.98. The van der Waals surface area contributed by atoms with Gasteiger partial charge in [0.05, 0.1) is 5.51 Å². The van der Waals surface area contributed by atoms with Gasteiger partial charge in [-0.2, -0.15) is 4.39 Å². The van der Waals surface area contributed by atoms with Crippen LogP contribution in [0.15, 0.2) is 5.51 Å². The van der Waals surface area contributed by atoms with E-state index >= 15 is 0 Å². The molecule has 0 unspecified atom stereocenters. The zero-order valence-corrected chi connectivity index (χ0v) is 6.65. The van der Waals surface area contributed by atoms with Crippen LogP contribution in [0.1, 0.15) is 13.3 Å². The number of carbonyl (C=O) groups excluding carboxylic acids is 1. The normalized spacial score (nSPS) is 9.64. The van der Waals surface area contributed by atoms with Gasteiger partial charge in [-0.25, -0.2) is 4.98 Å². The first-order valence-electron chi connectivity index (χ1n) is 3.03. The molecule has 1 rings (SSSR count). The summed E-state index contributed by atoms with van der Waals surface area (Å²) < 4.78 is 17.0. The summed E-state index contributed by atoms with van der Waals surface area (Å²) in [6.45, 7) is 1.64. The SMILES string of the molecule is CCC(=O)Oc1scnc1F. The fourth-order valence-electron chi connectivity index (χ4n) is 0.464. The van der Waals surface area contributed by atoms with Gasteiger partial charge in [-0.1, -0.05) is 18.3 Å². The van der Waals surface area contributed by atoms with Crippen molar-refractivity contribution in [3.8, 4) is 5.06 Å². The van der Waals surface area contributed by atoms with Crippen molar-refractivity contribution >= 4 is 17.3 Å². The summed E-state index contributed by atoms with van der Waals surface area (Å²) in [7, 11) is 0. The first-order valence-corrected chi connectivity index (χ1v) is 3.91. The molecule has 1 heterocycles. The van der Waals surface area contributed by atoms with Gasteiger partial charge < -0.3 is 4.74 Å². The molecule has 0 saturated heterocycles. The van der Waals surface area contributed by atoms with E-state index < -0.39 is 11.9 Å². The van der Waals surface area contributed by atoms with Crippen LogP contribution in [0.5, 0.6) is 5.06 Å². The molecule has 0 aliphatic carbocycles. The van der Waals surface area contributed by atoms with E-state index in [0.717, 1.165) is 11.3 Å². The van der Waals surface area contributed by atoms with Crippen molar-refractivity contribution in [1.29, 1.82) is 0 Å². The van der Waals surface area contributed by atoms with Crippen molar-refractivity contribution in [3.63, 3.8) is 0 Å². The van der Waals surface area contributed by atoms with E-state index in [4.69, 9.17) is 0 Å². The molecule has 0 radical (unpaired) electrons. The molecule has 11 heavy (non-hydrogen) atoms. The van der Waals surface area contributed by atoms with E-state index in [-0.39, 0.29) is 11.5 Å². The maximum atomic E-state index is 12.5. The highest BCUT2D eigenvalue weighted by Gasteiger charge is 2.09. The second-order valence-corrected chi connectivity index (χ2v) is 2.58. The van der Waals surface area contributed by atoms with Crippen LogP contribution in [0, 0.1) is 5.95 Å². The Morgan fingerprint density at radius 3 is 3.09 bits per heavy atom. The number of rotatable bonds is 2. The van der Waals surface area contributed by atoms with E-state index in [2.05, 4.69) is 9.72 Å². The van der Waals surface area contributed by atoms with Crippen LogP contribution in [0.25, 0.3) is 0 Å². The quantitative estimate of drug-likeness (QED) is 0.641. The molecule has 0 bridgehead atoms. The van der Waals surface area contributed by atoms with Gasteiger partial charge in [-0.3, -0.25) is 4.79 Å². The predicted molar refractivity (Wildman–Crippen MR) is 38.0 cm³/mol.